The van der Waals surface area contributed by atoms with Crippen LogP contribution in [0, 0.1) is 20.8 Å². The Kier molecular flexibility index (Phi) is 5.52. The Morgan fingerprint density at radius 2 is 1.89 bits per heavy atom. The van der Waals surface area contributed by atoms with Gasteiger partial charge in [-0.05, 0) is 38.5 Å². The Balaban J connectivity index is 1.56. The van der Waals surface area contributed by atoms with E-state index in [2.05, 4.69) is 44.9 Å². The zero-order chi connectivity index (χ0) is 19.6. The Morgan fingerprint density at radius 3 is 2.48 bits per heavy atom. The summed E-state index contributed by atoms with van der Waals surface area (Å²) in [7, 11) is -3.77. The maximum absolute atomic E-state index is 12.4. The average Bonchev–Trinajstić information content (AvgIpc) is 2.99. The Morgan fingerprint density at radius 1 is 1.19 bits per heavy atom. The molecule has 1 aliphatic rings. The van der Waals surface area contributed by atoms with E-state index >= 15 is 0 Å². The topological polar surface area (TPSA) is 98.4 Å². The molecular formula is C18H25N5O3S. The van der Waals surface area contributed by atoms with E-state index in [1.54, 1.807) is 18.7 Å². The fraction of sp³-hybridized carbons (Fsp3) is 0.444. The van der Waals surface area contributed by atoms with Gasteiger partial charge in [0, 0.05) is 31.9 Å². The third-order valence-electron chi connectivity index (χ3n) is 4.74. The number of aromatic nitrogens is 2. The molecule has 9 heteroatoms. The van der Waals surface area contributed by atoms with Gasteiger partial charge in [-0.15, -0.1) is 0 Å². The number of rotatable bonds is 5. The van der Waals surface area contributed by atoms with E-state index < -0.39 is 10.0 Å². The maximum atomic E-state index is 12.4. The summed E-state index contributed by atoms with van der Waals surface area (Å²) in [6.45, 7) is 7.64. The summed E-state index contributed by atoms with van der Waals surface area (Å²) in [4.78, 5) is 16.5. The van der Waals surface area contributed by atoms with Gasteiger partial charge in [0.05, 0.1) is 17.9 Å². The van der Waals surface area contributed by atoms with Crippen molar-refractivity contribution >= 4 is 21.6 Å². The molecule has 2 aromatic rings. The first-order valence-electron chi connectivity index (χ1n) is 8.88. The maximum Gasteiger partial charge on any atom is 0.244 e. The molecule has 1 aliphatic heterocycles. The fourth-order valence-electron chi connectivity index (χ4n) is 3.32. The van der Waals surface area contributed by atoms with Gasteiger partial charge in [0.25, 0.3) is 0 Å². The lowest BCUT2D eigenvalue weighted by molar-refractivity contribution is -0.130. The normalized spacial score (nSPS) is 15.2. The first-order chi connectivity index (χ1) is 12.8. The molecular weight excluding hydrogens is 366 g/mol. The fourth-order valence-corrected chi connectivity index (χ4v) is 4.66. The van der Waals surface area contributed by atoms with Crippen molar-refractivity contribution in [1.29, 1.82) is 0 Å². The predicted molar refractivity (Wildman–Crippen MR) is 103 cm³/mol. The van der Waals surface area contributed by atoms with Crippen LogP contribution in [-0.4, -0.2) is 62.1 Å². The molecule has 0 bridgehead atoms. The lowest BCUT2D eigenvalue weighted by atomic mass is 10.2. The van der Waals surface area contributed by atoms with E-state index in [0.717, 1.165) is 18.8 Å². The highest BCUT2D eigenvalue weighted by Gasteiger charge is 2.26. The molecule has 0 radical (unpaired) electrons. The minimum absolute atomic E-state index is 0.111. The number of aryl methyl sites for hydroxylation is 3. The molecule has 8 nitrogen and oxygen atoms in total. The number of piperazine rings is 1. The minimum Gasteiger partial charge on any atom is -0.368 e. The number of aromatic amines is 1. The number of hydrogen-bond acceptors (Lipinski definition) is 5. The number of nitrogens with zero attached hydrogens (tertiary/aromatic N) is 3. The largest absolute Gasteiger partial charge is 0.368 e. The molecule has 1 aromatic heterocycles. The van der Waals surface area contributed by atoms with Crippen molar-refractivity contribution in [3.05, 3.63) is 41.2 Å². The molecule has 2 heterocycles. The molecule has 0 aliphatic carbocycles. The van der Waals surface area contributed by atoms with Crippen molar-refractivity contribution in [2.45, 2.75) is 25.7 Å². The quantitative estimate of drug-likeness (QED) is 0.791. The second-order valence-corrected chi connectivity index (χ2v) is 8.50. The van der Waals surface area contributed by atoms with Crippen molar-refractivity contribution < 1.29 is 13.2 Å². The van der Waals surface area contributed by atoms with Gasteiger partial charge >= 0.3 is 0 Å². The molecule has 0 atom stereocenters. The number of sulfonamides is 1. The molecule has 27 heavy (non-hydrogen) atoms. The smallest absolute Gasteiger partial charge is 0.244 e. The second kappa shape index (κ2) is 7.69. The summed E-state index contributed by atoms with van der Waals surface area (Å²) < 4.78 is 27.3. The Labute approximate surface area is 159 Å². The second-order valence-electron chi connectivity index (χ2n) is 6.79. The van der Waals surface area contributed by atoms with E-state index in [1.807, 2.05) is 6.07 Å². The van der Waals surface area contributed by atoms with Gasteiger partial charge in [-0.1, -0.05) is 12.1 Å². The van der Waals surface area contributed by atoms with Gasteiger partial charge in [-0.3, -0.25) is 9.89 Å². The van der Waals surface area contributed by atoms with E-state index in [1.165, 1.54) is 5.56 Å². The molecule has 1 saturated heterocycles. The van der Waals surface area contributed by atoms with Crippen LogP contribution in [0.2, 0.25) is 0 Å². The summed E-state index contributed by atoms with van der Waals surface area (Å²) in [5.74, 6) is -0.221. The summed E-state index contributed by atoms with van der Waals surface area (Å²) in [6, 6.07) is 8.27. The zero-order valence-corrected chi connectivity index (χ0v) is 16.6. The highest BCUT2D eigenvalue weighted by Crippen LogP contribution is 2.18. The van der Waals surface area contributed by atoms with Crippen molar-refractivity contribution in [2.75, 3.05) is 37.6 Å². The van der Waals surface area contributed by atoms with Crippen molar-refractivity contribution in [2.24, 2.45) is 0 Å². The van der Waals surface area contributed by atoms with Crippen LogP contribution in [0.25, 0.3) is 0 Å². The van der Waals surface area contributed by atoms with Crippen molar-refractivity contribution in [3.8, 4) is 0 Å². The number of benzene rings is 1. The molecule has 0 saturated carbocycles. The highest BCUT2D eigenvalue weighted by molar-refractivity contribution is 7.89. The van der Waals surface area contributed by atoms with E-state index in [9.17, 15) is 13.2 Å². The van der Waals surface area contributed by atoms with Crippen LogP contribution in [-0.2, 0) is 14.8 Å². The lowest BCUT2D eigenvalue weighted by Gasteiger charge is -2.36. The number of nitrogens with one attached hydrogen (secondary N) is 2. The number of H-pyrrole nitrogens is 1. The number of amides is 1. The van der Waals surface area contributed by atoms with Crippen LogP contribution >= 0.6 is 0 Å². The molecule has 3 rings (SSSR count). The minimum atomic E-state index is -3.77. The number of hydrogen-bond donors (Lipinski definition) is 2. The van der Waals surface area contributed by atoms with Gasteiger partial charge in [-0.25, -0.2) is 13.1 Å². The number of carbonyl (C=O) groups is 1. The van der Waals surface area contributed by atoms with Crippen LogP contribution < -0.4 is 9.62 Å². The first-order valence-corrected chi connectivity index (χ1v) is 10.4. The molecule has 0 spiro atoms. The molecule has 1 aromatic carbocycles. The summed E-state index contributed by atoms with van der Waals surface area (Å²) in [5, 5.41) is 6.55. The van der Waals surface area contributed by atoms with Crippen molar-refractivity contribution in [3.63, 3.8) is 0 Å². The molecule has 146 valence electrons. The van der Waals surface area contributed by atoms with Gasteiger partial charge < -0.3 is 9.80 Å². The van der Waals surface area contributed by atoms with Crippen molar-refractivity contribution in [1.82, 2.24) is 19.8 Å². The third kappa shape index (κ3) is 4.30. The predicted octanol–water partition coefficient (Wildman–Crippen LogP) is 0.962. The SMILES string of the molecule is Cc1cccc(N2CCN(C(=O)CNS(=O)(=O)c3c(C)n[nH]c3C)CC2)c1. The first kappa shape index (κ1) is 19.4. The standard InChI is InChI=1S/C18H25N5O3S/c1-13-5-4-6-16(11-13)22-7-9-23(10-8-22)17(24)12-19-27(25,26)18-14(2)20-21-15(18)3/h4-6,11,19H,7-10,12H2,1-3H3,(H,20,21). The lowest BCUT2D eigenvalue weighted by Crippen LogP contribution is -2.51. The summed E-state index contributed by atoms with van der Waals surface area (Å²) >= 11 is 0. The van der Waals surface area contributed by atoms with Gasteiger partial charge in [0.15, 0.2) is 0 Å². The van der Waals surface area contributed by atoms with Crippen LogP contribution in [0.3, 0.4) is 0 Å². The average molecular weight is 391 g/mol. The van der Waals surface area contributed by atoms with E-state index in [-0.39, 0.29) is 17.3 Å². The summed E-state index contributed by atoms with van der Waals surface area (Å²) in [6.07, 6.45) is 0. The third-order valence-corrected chi connectivity index (χ3v) is 6.41. The van der Waals surface area contributed by atoms with Gasteiger partial charge in [-0.2, -0.15) is 5.10 Å². The van der Waals surface area contributed by atoms with Crippen LogP contribution in [0.1, 0.15) is 17.0 Å². The number of carbonyl (C=O) groups excluding carboxylic acids is 1. The van der Waals surface area contributed by atoms with E-state index in [4.69, 9.17) is 0 Å². The van der Waals surface area contributed by atoms with Crippen LogP contribution in [0.4, 0.5) is 5.69 Å². The Bertz CT molecular complexity index is 911. The van der Waals surface area contributed by atoms with Gasteiger partial charge in [0.2, 0.25) is 15.9 Å². The monoisotopic (exact) mass is 391 g/mol. The van der Waals surface area contributed by atoms with Crippen LogP contribution in [0.15, 0.2) is 29.2 Å². The molecule has 1 fully saturated rings. The molecule has 1 amide bonds. The highest BCUT2D eigenvalue weighted by atomic mass is 32.2. The Hall–Kier alpha value is -2.39. The van der Waals surface area contributed by atoms with Crippen LogP contribution in [0.5, 0.6) is 0 Å². The summed E-state index contributed by atoms with van der Waals surface area (Å²) in [5.41, 5.74) is 3.19. The molecule has 0 unspecified atom stereocenters. The van der Waals surface area contributed by atoms with E-state index in [0.29, 0.717) is 24.5 Å². The molecule has 2 N–H and O–H groups in total. The zero-order valence-electron chi connectivity index (χ0n) is 15.8. The number of anilines is 1. The van der Waals surface area contributed by atoms with Gasteiger partial charge in [0.1, 0.15) is 4.90 Å².